The predicted molar refractivity (Wildman–Crippen MR) is 75.3 cm³/mol. The first kappa shape index (κ1) is 11.8. The van der Waals surface area contributed by atoms with E-state index in [-0.39, 0.29) is 0 Å². The van der Waals surface area contributed by atoms with Gasteiger partial charge in [0.2, 0.25) is 0 Å². The summed E-state index contributed by atoms with van der Waals surface area (Å²) in [7, 11) is 0. The highest BCUT2D eigenvalue weighted by atomic mass is 15.1. The zero-order valence-corrected chi connectivity index (χ0v) is 12.3. The Bertz CT molecular complexity index is 332. The van der Waals surface area contributed by atoms with Crippen molar-refractivity contribution < 1.29 is 0 Å². The Morgan fingerprint density at radius 2 is 1.67 bits per heavy atom. The summed E-state index contributed by atoms with van der Waals surface area (Å²) in [4.78, 5) is 0. The average molecular weight is 247 g/mol. The van der Waals surface area contributed by atoms with E-state index in [1.54, 1.807) is 19.3 Å². The Labute approximate surface area is 112 Å². The van der Waals surface area contributed by atoms with E-state index in [1.807, 2.05) is 0 Å². The molecule has 102 valence electrons. The van der Waals surface area contributed by atoms with E-state index >= 15 is 0 Å². The minimum atomic E-state index is 0.593. The van der Waals surface area contributed by atoms with Crippen molar-refractivity contribution in [3.8, 4) is 0 Å². The molecule has 4 aliphatic carbocycles. The van der Waals surface area contributed by atoms with Crippen molar-refractivity contribution >= 4 is 0 Å². The summed E-state index contributed by atoms with van der Waals surface area (Å²) in [5.41, 5.74) is 0.593. The van der Waals surface area contributed by atoms with Crippen molar-refractivity contribution in [3.63, 3.8) is 0 Å². The van der Waals surface area contributed by atoms with Gasteiger partial charge in [-0.2, -0.15) is 0 Å². The maximum atomic E-state index is 4.08. The molecule has 1 heteroatoms. The molecule has 0 spiro atoms. The van der Waals surface area contributed by atoms with E-state index in [2.05, 4.69) is 26.1 Å². The molecule has 0 saturated heterocycles. The van der Waals surface area contributed by atoms with Crippen molar-refractivity contribution in [2.24, 2.45) is 35.0 Å². The molecular formula is C17H29N. The van der Waals surface area contributed by atoms with Crippen molar-refractivity contribution in [3.05, 3.63) is 0 Å². The van der Waals surface area contributed by atoms with Crippen LogP contribution in [0.4, 0.5) is 0 Å². The van der Waals surface area contributed by atoms with E-state index in [4.69, 9.17) is 0 Å². The summed E-state index contributed by atoms with van der Waals surface area (Å²) in [6.45, 7) is 7.38. The van der Waals surface area contributed by atoms with Gasteiger partial charge in [-0.25, -0.2) is 0 Å². The molecule has 0 aromatic carbocycles. The second kappa shape index (κ2) is 3.75. The van der Waals surface area contributed by atoms with Gasteiger partial charge in [-0.15, -0.1) is 0 Å². The van der Waals surface area contributed by atoms with Gasteiger partial charge < -0.3 is 5.32 Å². The van der Waals surface area contributed by atoms with Crippen LogP contribution in [0, 0.1) is 35.0 Å². The van der Waals surface area contributed by atoms with Crippen LogP contribution in [-0.4, -0.2) is 12.1 Å². The smallest absolute Gasteiger partial charge is 0.0138 e. The highest BCUT2D eigenvalue weighted by molar-refractivity contribution is 5.17. The molecule has 4 saturated carbocycles. The minimum Gasteiger partial charge on any atom is -0.310 e. The predicted octanol–water partition coefficient (Wildman–Crippen LogP) is 3.84. The van der Waals surface area contributed by atoms with Crippen molar-refractivity contribution in [2.75, 3.05) is 0 Å². The third-order valence-electron chi connectivity index (χ3n) is 6.84. The van der Waals surface area contributed by atoms with Crippen molar-refractivity contribution in [2.45, 2.75) is 71.4 Å². The molecule has 0 amide bonds. The second-order valence-corrected chi connectivity index (χ2v) is 8.67. The highest BCUT2D eigenvalue weighted by Gasteiger charge is 2.65. The zero-order chi connectivity index (χ0) is 12.5. The van der Waals surface area contributed by atoms with Crippen LogP contribution >= 0.6 is 0 Å². The van der Waals surface area contributed by atoms with E-state index in [9.17, 15) is 0 Å². The van der Waals surface area contributed by atoms with Crippen LogP contribution in [0.25, 0.3) is 0 Å². The lowest BCUT2D eigenvalue weighted by molar-refractivity contribution is 0.144. The molecule has 1 N–H and O–H groups in total. The Balaban J connectivity index is 1.37. The molecule has 0 radical (unpaired) electrons. The molecular weight excluding hydrogens is 218 g/mol. The standard InChI is InChI=1S/C17H29N/c1-10-9-17(2,3)7-6-13(10)18-16-14-11-4-5-12(8-11)15(14)16/h10-16,18H,4-9H2,1-3H3. The topological polar surface area (TPSA) is 12.0 Å². The van der Waals surface area contributed by atoms with E-state index in [0.29, 0.717) is 5.41 Å². The Morgan fingerprint density at radius 1 is 1.00 bits per heavy atom. The molecule has 4 fully saturated rings. The SMILES string of the molecule is CC1CC(C)(C)CCC1NC1C2C3CCC(C3)C12. The van der Waals surface area contributed by atoms with Gasteiger partial charge in [-0.3, -0.25) is 0 Å². The molecule has 1 nitrogen and oxygen atoms in total. The Morgan fingerprint density at radius 3 is 2.28 bits per heavy atom. The normalized spacial score (nSPS) is 56.5. The highest BCUT2D eigenvalue weighted by Crippen LogP contribution is 2.65. The van der Waals surface area contributed by atoms with Crippen LogP contribution in [0.5, 0.6) is 0 Å². The summed E-state index contributed by atoms with van der Waals surface area (Å²) < 4.78 is 0. The third-order valence-corrected chi connectivity index (χ3v) is 6.84. The van der Waals surface area contributed by atoms with E-state index < -0.39 is 0 Å². The van der Waals surface area contributed by atoms with Crippen LogP contribution in [0.2, 0.25) is 0 Å². The maximum absolute atomic E-state index is 4.08. The van der Waals surface area contributed by atoms with Crippen LogP contribution in [0.15, 0.2) is 0 Å². The number of hydrogen-bond acceptors (Lipinski definition) is 1. The fourth-order valence-electron chi connectivity index (χ4n) is 5.99. The van der Waals surface area contributed by atoms with E-state index in [1.165, 1.54) is 19.3 Å². The molecule has 2 bridgehead atoms. The summed E-state index contributed by atoms with van der Waals surface area (Å²) in [6, 6.07) is 1.76. The van der Waals surface area contributed by atoms with Crippen molar-refractivity contribution in [1.29, 1.82) is 0 Å². The summed E-state index contributed by atoms with van der Waals surface area (Å²) in [5.74, 6) is 5.32. The Kier molecular flexibility index (Phi) is 2.45. The molecule has 18 heavy (non-hydrogen) atoms. The van der Waals surface area contributed by atoms with Gasteiger partial charge in [0, 0.05) is 12.1 Å². The number of fused-ring (bicyclic) bond motifs is 5. The molecule has 0 aromatic rings. The number of rotatable bonds is 2. The van der Waals surface area contributed by atoms with Crippen molar-refractivity contribution in [1.82, 2.24) is 5.32 Å². The minimum absolute atomic E-state index is 0.593. The summed E-state index contributed by atoms with van der Waals surface area (Å²) in [6.07, 6.45) is 8.94. The molecule has 4 rings (SSSR count). The first-order valence-electron chi connectivity index (χ1n) is 8.31. The Hall–Kier alpha value is -0.0400. The number of nitrogens with one attached hydrogen (secondary N) is 1. The second-order valence-electron chi connectivity index (χ2n) is 8.67. The lowest BCUT2D eigenvalue weighted by Crippen LogP contribution is -2.44. The van der Waals surface area contributed by atoms with Gasteiger partial charge in [0.25, 0.3) is 0 Å². The monoisotopic (exact) mass is 247 g/mol. The van der Waals surface area contributed by atoms with Gasteiger partial charge in [-0.1, -0.05) is 20.8 Å². The average Bonchev–Trinajstić information content (AvgIpc) is 2.69. The van der Waals surface area contributed by atoms with Gasteiger partial charge in [-0.05, 0) is 73.5 Å². The largest absolute Gasteiger partial charge is 0.310 e. The summed E-state index contributed by atoms with van der Waals surface area (Å²) in [5, 5.41) is 4.08. The quantitative estimate of drug-likeness (QED) is 0.782. The molecule has 6 unspecified atom stereocenters. The van der Waals surface area contributed by atoms with Crippen LogP contribution in [0.1, 0.15) is 59.3 Å². The molecule has 0 heterocycles. The first-order valence-corrected chi connectivity index (χ1v) is 8.31. The van der Waals surface area contributed by atoms with Crippen LogP contribution in [0.3, 0.4) is 0 Å². The van der Waals surface area contributed by atoms with Gasteiger partial charge >= 0.3 is 0 Å². The third kappa shape index (κ3) is 1.69. The van der Waals surface area contributed by atoms with Gasteiger partial charge in [0.15, 0.2) is 0 Å². The van der Waals surface area contributed by atoms with Gasteiger partial charge in [0.1, 0.15) is 0 Å². The molecule has 6 atom stereocenters. The molecule has 0 aromatic heterocycles. The van der Waals surface area contributed by atoms with Gasteiger partial charge in [0.05, 0.1) is 0 Å². The molecule has 0 aliphatic heterocycles. The fraction of sp³-hybridized carbons (Fsp3) is 1.00. The van der Waals surface area contributed by atoms with Crippen LogP contribution < -0.4 is 5.32 Å². The fourth-order valence-corrected chi connectivity index (χ4v) is 5.99. The first-order chi connectivity index (χ1) is 8.55. The molecule has 4 aliphatic rings. The van der Waals surface area contributed by atoms with E-state index in [0.717, 1.165) is 41.7 Å². The van der Waals surface area contributed by atoms with Crippen LogP contribution in [-0.2, 0) is 0 Å². The lowest BCUT2D eigenvalue weighted by Gasteiger charge is -2.40. The number of hydrogen-bond donors (Lipinski definition) is 1. The summed E-state index contributed by atoms with van der Waals surface area (Å²) >= 11 is 0. The zero-order valence-electron chi connectivity index (χ0n) is 12.3. The maximum Gasteiger partial charge on any atom is 0.0138 e. The lowest BCUT2D eigenvalue weighted by atomic mass is 9.70.